The monoisotopic (exact) mass is 404 g/mol. The number of nitrogens with zero attached hydrogens (tertiary/aromatic N) is 1. The van der Waals surface area contributed by atoms with Crippen molar-refractivity contribution in [3.63, 3.8) is 0 Å². The minimum absolute atomic E-state index is 0.0284. The summed E-state index contributed by atoms with van der Waals surface area (Å²) >= 11 is 0. The average Bonchev–Trinajstić information content (AvgIpc) is 2.67. The Bertz CT molecular complexity index is 927. The second kappa shape index (κ2) is 9.36. The highest BCUT2D eigenvalue weighted by Gasteiger charge is 2.24. The summed E-state index contributed by atoms with van der Waals surface area (Å²) in [4.78, 5) is 23.8. The number of carbonyl (C=O) groups excluding carboxylic acids is 2. The molecule has 0 saturated heterocycles. The number of para-hydroxylation sites is 1. The molecule has 0 unspecified atom stereocenters. The van der Waals surface area contributed by atoms with Gasteiger partial charge >= 0.3 is 5.97 Å². The molecular formula is C20H24N2O5S. The Morgan fingerprint density at radius 2 is 1.75 bits per heavy atom. The lowest BCUT2D eigenvalue weighted by Crippen LogP contribution is -2.34. The van der Waals surface area contributed by atoms with Crippen molar-refractivity contribution >= 4 is 27.6 Å². The maximum absolute atomic E-state index is 13.0. The molecule has 2 aromatic rings. The molecule has 28 heavy (non-hydrogen) atoms. The molecule has 0 bridgehead atoms. The van der Waals surface area contributed by atoms with Gasteiger partial charge in [-0.2, -0.15) is 0 Å². The first-order valence-electron chi connectivity index (χ1n) is 8.90. The van der Waals surface area contributed by atoms with Crippen LogP contribution in [0.25, 0.3) is 0 Å². The molecule has 0 spiro atoms. The zero-order valence-electron chi connectivity index (χ0n) is 16.1. The molecule has 0 aromatic heterocycles. The Morgan fingerprint density at radius 3 is 2.36 bits per heavy atom. The molecule has 0 saturated carbocycles. The lowest BCUT2D eigenvalue weighted by molar-refractivity contribution is -0.124. The van der Waals surface area contributed by atoms with Gasteiger partial charge in [0, 0.05) is 12.6 Å². The van der Waals surface area contributed by atoms with Crippen LogP contribution in [0.2, 0.25) is 0 Å². The van der Waals surface area contributed by atoms with Crippen molar-refractivity contribution < 1.29 is 22.7 Å². The summed E-state index contributed by atoms with van der Waals surface area (Å²) in [5, 5.41) is 2.61. The van der Waals surface area contributed by atoms with Crippen LogP contribution < -0.4 is 9.62 Å². The predicted octanol–water partition coefficient (Wildman–Crippen LogP) is 2.58. The van der Waals surface area contributed by atoms with Gasteiger partial charge in [0.15, 0.2) is 6.61 Å². The van der Waals surface area contributed by atoms with Gasteiger partial charge in [0.2, 0.25) is 0 Å². The van der Waals surface area contributed by atoms with Crippen molar-refractivity contribution in [2.75, 3.05) is 17.5 Å². The van der Waals surface area contributed by atoms with Gasteiger partial charge < -0.3 is 10.1 Å². The van der Waals surface area contributed by atoms with Crippen molar-refractivity contribution in [3.8, 4) is 0 Å². The van der Waals surface area contributed by atoms with E-state index in [9.17, 15) is 18.0 Å². The fraction of sp³-hybridized carbons (Fsp3) is 0.300. The SMILES string of the molecule is CCN(c1ccccc1)S(=O)(=O)c1cccc(C(=O)OCC(=O)NC(C)C)c1. The molecule has 0 aliphatic carbocycles. The number of amides is 1. The number of esters is 1. The van der Waals surface area contributed by atoms with Gasteiger partial charge in [-0.05, 0) is 51.1 Å². The van der Waals surface area contributed by atoms with Gasteiger partial charge in [-0.15, -0.1) is 0 Å². The van der Waals surface area contributed by atoms with Crippen molar-refractivity contribution in [1.82, 2.24) is 5.32 Å². The van der Waals surface area contributed by atoms with E-state index in [1.165, 1.54) is 28.6 Å². The normalized spacial score (nSPS) is 11.1. The van der Waals surface area contributed by atoms with E-state index in [2.05, 4.69) is 5.32 Å². The number of benzene rings is 2. The highest BCUT2D eigenvalue weighted by molar-refractivity contribution is 7.92. The first kappa shape index (κ1) is 21.4. The van der Waals surface area contributed by atoms with Gasteiger partial charge in [0.1, 0.15) is 0 Å². The van der Waals surface area contributed by atoms with Crippen LogP contribution >= 0.6 is 0 Å². The van der Waals surface area contributed by atoms with E-state index in [-0.39, 0.29) is 23.0 Å². The molecule has 0 radical (unpaired) electrons. The lowest BCUT2D eigenvalue weighted by atomic mass is 10.2. The largest absolute Gasteiger partial charge is 0.452 e. The summed E-state index contributed by atoms with van der Waals surface area (Å²) in [6.07, 6.45) is 0. The van der Waals surface area contributed by atoms with Crippen LogP contribution in [0.3, 0.4) is 0 Å². The summed E-state index contributed by atoms with van der Waals surface area (Å²) < 4.78 is 32.3. The maximum atomic E-state index is 13.0. The Hall–Kier alpha value is -2.87. The molecule has 0 aliphatic rings. The van der Waals surface area contributed by atoms with Crippen LogP contribution in [0.1, 0.15) is 31.1 Å². The van der Waals surface area contributed by atoms with Gasteiger partial charge in [-0.25, -0.2) is 13.2 Å². The van der Waals surface area contributed by atoms with Crippen LogP contribution in [-0.4, -0.2) is 39.5 Å². The number of anilines is 1. The van der Waals surface area contributed by atoms with E-state index < -0.39 is 28.5 Å². The van der Waals surface area contributed by atoms with Crippen LogP contribution in [0.4, 0.5) is 5.69 Å². The van der Waals surface area contributed by atoms with E-state index in [1.807, 2.05) is 0 Å². The van der Waals surface area contributed by atoms with E-state index in [0.717, 1.165) is 0 Å². The molecule has 0 atom stereocenters. The van der Waals surface area contributed by atoms with Crippen LogP contribution in [0.15, 0.2) is 59.5 Å². The molecule has 2 rings (SSSR count). The Kier molecular flexibility index (Phi) is 7.17. The second-order valence-corrected chi connectivity index (χ2v) is 8.19. The number of hydrogen-bond donors (Lipinski definition) is 1. The second-order valence-electron chi connectivity index (χ2n) is 6.33. The molecular weight excluding hydrogens is 380 g/mol. The summed E-state index contributed by atoms with van der Waals surface area (Å²) in [6.45, 7) is 5.12. The van der Waals surface area contributed by atoms with Gasteiger partial charge in [0.05, 0.1) is 16.1 Å². The number of ether oxygens (including phenoxy) is 1. The topological polar surface area (TPSA) is 92.8 Å². The van der Waals surface area contributed by atoms with Crippen LogP contribution in [-0.2, 0) is 19.6 Å². The Labute approximate surface area is 165 Å². The first-order valence-corrected chi connectivity index (χ1v) is 10.3. The standard InChI is InChI=1S/C20H24N2O5S/c1-4-22(17-10-6-5-7-11-17)28(25,26)18-12-8-9-16(13-18)20(24)27-14-19(23)21-15(2)3/h5-13,15H,4,14H2,1-3H3,(H,21,23). The molecule has 150 valence electrons. The van der Waals surface area contributed by atoms with Gasteiger partial charge in [-0.1, -0.05) is 24.3 Å². The van der Waals surface area contributed by atoms with Gasteiger partial charge in [-0.3, -0.25) is 9.10 Å². The predicted molar refractivity (Wildman–Crippen MR) is 107 cm³/mol. The molecule has 8 heteroatoms. The molecule has 1 amide bonds. The quantitative estimate of drug-likeness (QED) is 0.683. The number of nitrogens with one attached hydrogen (secondary N) is 1. The minimum Gasteiger partial charge on any atom is -0.452 e. The number of hydrogen-bond acceptors (Lipinski definition) is 5. The molecule has 0 aliphatic heterocycles. The molecule has 0 fully saturated rings. The summed E-state index contributed by atoms with van der Waals surface area (Å²) in [7, 11) is -3.86. The minimum atomic E-state index is -3.86. The fourth-order valence-corrected chi connectivity index (χ4v) is 4.09. The van der Waals surface area contributed by atoms with E-state index >= 15 is 0 Å². The summed E-state index contributed by atoms with van der Waals surface area (Å²) in [5.74, 6) is -1.19. The summed E-state index contributed by atoms with van der Waals surface area (Å²) in [6, 6.07) is 14.2. The number of rotatable bonds is 8. The fourth-order valence-electron chi connectivity index (χ4n) is 2.57. The maximum Gasteiger partial charge on any atom is 0.338 e. The summed E-state index contributed by atoms with van der Waals surface area (Å²) in [5.41, 5.74) is 0.589. The average molecular weight is 404 g/mol. The molecule has 0 heterocycles. The highest BCUT2D eigenvalue weighted by Crippen LogP contribution is 2.24. The lowest BCUT2D eigenvalue weighted by Gasteiger charge is -2.23. The third-order valence-corrected chi connectivity index (χ3v) is 5.67. The van der Waals surface area contributed by atoms with E-state index in [4.69, 9.17) is 4.74 Å². The van der Waals surface area contributed by atoms with Crippen molar-refractivity contribution in [1.29, 1.82) is 0 Å². The third-order valence-electron chi connectivity index (χ3n) is 3.77. The number of carbonyl (C=O) groups is 2. The molecule has 7 nitrogen and oxygen atoms in total. The van der Waals surface area contributed by atoms with E-state index in [1.54, 1.807) is 51.1 Å². The van der Waals surface area contributed by atoms with Crippen LogP contribution in [0.5, 0.6) is 0 Å². The number of sulfonamides is 1. The van der Waals surface area contributed by atoms with E-state index in [0.29, 0.717) is 5.69 Å². The first-order chi connectivity index (χ1) is 13.3. The highest BCUT2D eigenvalue weighted by atomic mass is 32.2. The van der Waals surface area contributed by atoms with Crippen LogP contribution in [0, 0.1) is 0 Å². The molecule has 1 N–H and O–H groups in total. The van der Waals surface area contributed by atoms with Gasteiger partial charge in [0.25, 0.3) is 15.9 Å². The Balaban J connectivity index is 2.21. The molecule has 2 aromatic carbocycles. The van der Waals surface area contributed by atoms with Crippen molar-refractivity contribution in [2.24, 2.45) is 0 Å². The zero-order chi connectivity index (χ0) is 20.7. The van der Waals surface area contributed by atoms with Crippen molar-refractivity contribution in [2.45, 2.75) is 31.7 Å². The third kappa shape index (κ3) is 5.32. The van der Waals surface area contributed by atoms with Crippen molar-refractivity contribution in [3.05, 3.63) is 60.2 Å². The smallest absolute Gasteiger partial charge is 0.338 e. The Morgan fingerprint density at radius 1 is 1.07 bits per heavy atom. The zero-order valence-corrected chi connectivity index (χ0v) is 16.9.